The van der Waals surface area contributed by atoms with Crippen LogP contribution < -0.4 is 0 Å². The van der Waals surface area contributed by atoms with Gasteiger partial charge in [-0.1, -0.05) is 6.92 Å². The number of carbonyl (C=O) groups is 1. The highest BCUT2D eigenvalue weighted by atomic mass is 16.3. The van der Waals surface area contributed by atoms with E-state index in [1.807, 2.05) is 4.90 Å². The van der Waals surface area contributed by atoms with Crippen molar-refractivity contribution in [3.63, 3.8) is 0 Å². The van der Waals surface area contributed by atoms with Gasteiger partial charge in [0.05, 0.1) is 5.56 Å². The molecular formula is C15H23N3O2. The van der Waals surface area contributed by atoms with Gasteiger partial charge in [-0.3, -0.25) is 9.78 Å². The fourth-order valence-electron chi connectivity index (χ4n) is 2.72. The first-order valence-corrected chi connectivity index (χ1v) is 7.14. The van der Waals surface area contributed by atoms with Crippen LogP contribution in [0.15, 0.2) is 24.5 Å². The van der Waals surface area contributed by atoms with Crippen LogP contribution in [0.25, 0.3) is 0 Å². The molecule has 1 aromatic rings. The summed E-state index contributed by atoms with van der Waals surface area (Å²) in [6.45, 7) is 5.49. The summed E-state index contributed by atoms with van der Waals surface area (Å²) in [5.74, 6) is 0.522. The molecule has 1 aromatic heterocycles. The Morgan fingerprint density at radius 2 is 2.25 bits per heavy atom. The van der Waals surface area contributed by atoms with E-state index >= 15 is 0 Å². The predicted molar refractivity (Wildman–Crippen MR) is 77.4 cm³/mol. The van der Waals surface area contributed by atoms with Gasteiger partial charge >= 0.3 is 0 Å². The first-order chi connectivity index (χ1) is 9.65. The molecule has 1 amide bonds. The first-order valence-electron chi connectivity index (χ1n) is 7.14. The lowest BCUT2D eigenvalue weighted by atomic mass is 9.96. The molecule has 0 aromatic carbocycles. The normalized spacial score (nSPS) is 22.5. The highest BCUT2D eigenvalue weighted by Crippen LogP contribution is 2.25. The summed E-state index contributed by atoms with van der Waals surface area (Å²) in [4.78, 5) is 20.5. The van der Waals surface area contributed by atoms with Crippen molar-refractivity contribution in [2.24, 2.45) is 11.8 Å². The zero-order valence-electron chi connectivity index (χ0n) is 12.2. The SMILES string of the molecule is CCN(C)C[C@@H]1CN(C(=O)c2cccnc2)C[C@@H]1CO. The second-order valence-corrected chi connectivity index (χ2v) is 5.51. The number of nitrogens with zero attached hydrogens (tertiary/aromatic N) is 3. The van der Waals surface area contributed by atoms with E-state index in [0.29, 0.717) is 24.6 Å². The van der Waals surface area contributed by atoms with Crippen molar-refractivity contribution in [1.82, 2.24) is 14.8 Å². The number of hydrogen-bond acceptors (Lipinski definition) is 4. The maximum Gasteiger partial charge on any atom is 0.255 e. The van der Waals surface area contributed by atoms with Gasteiger partial charge in [-0.25, -0.2) is 0 Å². The van der Waals surface area contributed by atoms with Gasteiger partial charge in [0.1, 0.15) is 0 Å². The van der Waals surface area contributed by atoms with Gasteiger partial charge in [0.15, 0.2) is 0 Å². The van der Waals surface area contributed by atoms with Crippen LogP contribution in [-0.2, 0) is 0 Å². The van der Waals surface area contributed by atoms with E-state index in [0.717, 1.165) is 13.1 Å². The van der Waals surface area contributed by atoms with Crippen LogP contribution in [-0.4, -0.2) is 65.6 Å². The highest BCUT2D eigenvalue weighted by Gasteiger charge is 2.35. The van der Waals surface area contributed by atoms with E-state index in [4.69, 9.17) is 0 Å². The molecule has 1 saturated heterocycles. The molecule has 5 heteroatoms. The number of amides is 1. The van der Waals surface area contributed by atoms with E-state index in [1.165, 1.54) is 0 Å². The van der Waals surface area contributed by atoms with Crippen LogP contribution in [0.4, 0.5) is 0 Å². The predicted octanol–water partition coefficient (Wildman–Crippen LogP) is 0.714. The molecule has 0 radical (unpaired) electrons. The summed E-state index contributed by atoms with van der Waals surface area (Å²) in [6.07, 6.45) is 3.26. The molecular weight excluding hydrogens is 254 g/mol. The number of likely N-dealkylation sites (tertiary alicyclic amines) is 1. The number of aromatic nitrogens is 1. The summed E-state index contributed by atoms with van der Waals surface area (Å²) < 4.78 is 0. The Morgan fingerprint density at radius 3 is 2.85 bits per heavy atom. The van der Waals surface area contributed by atoms with Crippen molar-refractivity contribution >= 4 is 5.91 Å². The van der Waals surface area contributed by atoms with Gasteiger partial charge < -0.3 is 14.9 Å². The van der Waals surface area contributed by atoms with Crippen LogP contribution in [0.2, 0.25) is 0 Å². The molecule has 1 fully saturated rings. The molecule has 0 aliphatic carbocycles. The molecule has 5 nitrogen and oxygen atoms in total. The molecule has 2 rings (SSSR count). The average Bonchev–Trinajstić information content (AvgIpc) is 2.90. The standard InChI is InChI=1S/C15H23N3O2/c1-3-17(2)8-13-9-18(10-14(13)11-19)15(20)12-5-4-6-16-7-12/h4-7,13-14,19H,3,8-11H2,1-2H3/t13-,14-/m1/s1. The summed E-state index contributed by atoms with van der Waals surface area (Å²) >= 11 is 0. The van der Waals surface area contributed by atoms with Gasteiger partial charge in [0, 0.05) is 44.6 Å². The van der Waals surface area contributed by atoms with E-state index in [9.17, 15) is 9.90 Å². The second kappa shape index (κ2) is 6.81. The first kappa shape index (κ1) is 14.9. The average molecular weight is 277 g/mol. The van der Waals surface area contributed by atoms with Crippen molar-refractivity contribution in [2.45, 2.75) is 6.92 Å². The fraction of sp³-hybridized carbons (Fsp3) is 0.600. The Morgan fingerprint density at radius 1 is 1.50 bits per heavy atom. The third kappa shape index (κ3) is 3.35. The van der Waals surface area contributed by atoms with Crippen LogP contribution in [0.1, 0.15) is 17.3 Å². The maximum atomic E-state index is 12.4. The van der Waals surface area contributed by atoms with Crippen LogP contribution in [0.5, 0.6) is 0 Å². The number of aliphatic hydroxyl groups is 1. The number of aliphatic hydroxyl groups excluding tert-OH is 1. The number of rotatable bonds is 5. The van der Waals surface area contributed by atoms with Crippen molar-refractivity contribution in [2.75, 3.05) is 39.8 Å². The lowest BCUT2D eigenvalue weighted by molar-refractivity contribution is 0.0779. The molecule has 0 bridgehead atoms. The lowest BCUT2D eigenvalue weighted by Gasteiger charge is -2.22. The van der Waals surface area contributed by atoms with Crippen LogP contribution >= 0.6 is 0 Å². The van der Waals surface area contributed by atoms with Gasteiger partial charge in [-0.05, 0) is 31.6 Å². The Kier molecular flexibility index (Phi) is 5.09. The summed E-state index contributed by atoms with van der Waals surface area (Å²) in [7, 11) is 2.07. The van der Waals surface area contributed by atoms with E-state index in [-0.39, 0.29) is 18.4 Å². The minimum Gasteiger partial charge on any atom is -0.396 e. The number of hydrogen-bond donors (Lipinski definition) is 1. The molecule has 1 aliphatic heterocycles. The Labute approximate surface area is 120 Å². The number of pyridine rings is 1. The topological polar surface area (TPSA) is 56.7 Å². The molecule has 2 heterocycles. The maximum absolute atomic E-state index is 12.4. The summed E-state index contributed by atoms with van der Waals surface area (Å²) in [5, 5.41) is 9.52. The quantitative estimate of drug-likeness (QED) is 0.861. The highest BCUT2D eigenvalue weighted by molar-refractivity contribution is 5.94. The minimum absolute atomic E-state index is 0.0122. The molecule has 0 spiro atoms. The van der Waals surface area contributed by atoms with Crippen molar-refractivity contribution in [3.05, 3.63) is 30.1 Å². The van der Waals surface area contributed by atoms with Crippen LogP contribution in [0.3, 0.4) is 0 Å². The second-order valence-electron chi connectivity index (χ2n) is 5.51. The molecule has 20 heavy (non-hydrogen) atoms. The molecule has 110 valence electrons. The largest absolute Gasteiger partial charge is 0.396 e. The lowest BCUT2D eigenvalue weighted by Crippen LogP contribution is -2.32. The fourth-order valence-corrected chi connectivity index (χ4v) is 2.72. The third-order valence-corrected chi connectivity index (χ3v) is 4.09. The third-order valence-electron chi connectivity index (χ3n) is 4.09. The molecule has 2 atom stereocenters. The van der Waals surface area contributed by atoms with Crippen molar-refractivity contribution in [1.29, 1.82) is 0 Å². The summed E-state index contributed by atoms with van der Waals surface area (Å²) in [6, 6.07) is 3.56. The number of carbonyl (C=O) groups excluding carboxylic acids is 1. The molecule has 1 N–H and O–H groups in total. The zero-order chi connectivity index (χ0) is 14.5. The molecule has 0 saturated carbocycles. The summed E-state index contributed by atoms with van der Waals surface area (Å²) in [5.41, 5.74) is 0.619. The van der Waals surface area contributed by atoms with Crippen molar-refractivity contribution < 1.29 is 9.90 Å². The minimum atomic E-state index is 0.0122. The van der Waals surface area contributed by atoms with Crippen molar-refractivity contribution in [3.8, 4) is 0 Å². The smallest absolute Gasteiger partial charge is 0.255 e. The Bertz CT molecular complexity index is 438. The monoisotopic (exact) mass is 277 g/mol. The van der Waals surface area contributed by atoms with E-state index in [1.54, 1.807) is 24.5 Å². The molecule has 0 unspecified atom stereocenters. The van der Waals surface area contributed by atoms with Gasteiger partial charge in [0.2, 0.25) is 0 Å². The zero-order valence-corrected chi connectivity index (χ0v) is 12.2. The molecule has 1 aliphatic rings. The Balaban J connectivity index is 2.03. The van der Waals surface area contributed by atoms with Gasteiger partial charge in [0.25, 0.3) is 5.91 Å². The van der Waals surface area contributed by atoms with E-state index in [2.05, 4.69) is 23.9 Å². The van der Waals surface area contributed by atoms with Gasteiger partial charge in [-0.15, -0.1) is 0 Å². The van der Waals surface area contributed by atoms with Gasteiger partial charge in [-0.2, -0.15) is 0 Å². The van der Waals surface area contributed by atoms with Crippen LogP contribution in [0, 0.1) is 11.8 Å². The Hall–Kier alpha value is -1.46. The van der Waals surface area contributed by atoms with E-state index < -0.39 is 0 Å².